The summed E-state index contributed by atoms with van der Waals surface area (Å²) in [5, 5.41) is 11.3. The van der Waals surface area contributed by atoms with Crippen molar-refractivity contribution in [2.45, 2.75) is 142 Å². The van der Waals surface area contributed by atoms with Crippen molar-refractivity contribution in [1.29, 1.82) is 0 Å². The van der Waals surface area contributed by atoms with E-state index in [2.05, 4.69) is 27.7 Å². The van der Waals surface area contributed by atoms with E-state index in [9.17, 15) is 0 Å². The fraction of sp³-hybridized carbons (Fsp3) is 1.00. The van der Waals surface area contributed by atoms with Crippen LogP contribution in [0.4, 0.5) is 0 Å². The summed E-state index contributed by atoms with van der Waals surface area (Å²) < 4.78 is 0. The first kappa shape index (κ1) is 28.8. The van der Waals surface area contributed by atoms with E-state index >= 15 is 0 Å². The molecule has 4 aliphatic rings. The van der Waals surface area contributed by atoms with Crippen molar-refractivity contribution in [3.8, 4) is 0 Å². The van der Waals surface area contributed by atoms with Gasteiger partial charge in [-0.1, -0.05) is 128 Å². The maximum absolute atomic E-state index is 5.63. The molecule has 0 amide bonds. The predicted octanol–water partition coefficient (Wildman–Crippen LogP) is 9.88. The summed E-state index contributed by atoms with van der Waals surface area (Å²) in [6.07, 6.45) is 19.6. The van der Waals surface area contributed by atoms with E-state index in [1.165, 1.54) is 89.9 Å². The quantitative estimate of drug-likeness (QED) is 0.315. The van der Waals surface area contributed by atoms with Crippen molar-refractivity contribution >= 4 is 18.6 Å². The Bertz CT molecular complexity index is 504. The fourth-order valence-corrected chi connectivity index (χ4v) is 7.88. The van der Waals surface area contributed by atoms with Gasteiger partial charge in [0.2, 0.25) is 0 Å². The molecule has 0 spiro atoms. The molecule has 0 heterocycles. The zero-order valence-corrected chi connectivity index (χ0v) is 24.9. The van der Waals surface area contributed by atoms with Crippen molar-refractivity contribution in [2.75, 3.05) is 0 Å². The van der Waals surface area contributed by atoms with Gasteiger partial charge in [-0.15, -0.1) is 24.2 Å². The molecule has 0 aliphatic heterocycles. The number of hydrogen-bond donors (Lipinski definition) is 0. The molecule has 0 aromatic heterocycles. The Morgan fingerprint density at radius 2 is 0.879 bits per heavy atom. The van der Waals surface area contributed by atoms with E-state index < -0.39 is 17.0 Å². The summed E-state index contributed by atoms with van der Waals surface area (Å²) in [5.41, 5.74) is 0. The third-order valence-corrected chi connectivity index (χ3v) is 9.65. The van der Waals surface area contributed by atoms with Gasteiger partial charge in [-0.2, -0.15) is 0 Å². The van der Waals surface area contributed by atoms with Gasteiger partial charge >= 0.3 is 35.6 Å². The van der Waals surface area contributed by atoms with E-state index in [0.717, 1.165) is 35.5 Å². The molecule has 4 rings (SSSR count). The van der Waals surface area contributed by atoms with Crippen molar-refractivity contribution < 1.29 is 17.0 Å². The van der Waals surface area contributed by atoms with Crippen LogP contribution in [-0.4, -0.2) is 24.2 Å². The van der Waals surface area contributed by atoms with Crippen LogP contribution >= 0.6 is 18.6 Å². The minimum atomic E-state index is -0.556. The fourth-order valence-electron chi connectivity index (χ4n) is 7.88. The SMILES string of the molecule is CC1CCC([N-]C2CCCCC2C2CCCCC2[N-]C2CCC(C)CC2C)C(C)C1.[Cl][Ti][Cl]. The van der Waals surface area contributed by atoms with Crippen molar-refractivity contribution in [3.05, 3.63) is 10.6 Å². The molecule has 10 unspecified atom stereocenters. The monoisotopic (exact) mass is 532 g/mol. The van der Waals surface area contributed by atoms with Gasteiger partial charge in [0.15, 0.2) is 0 Å². The number of halogens is 2. The molecule has 4 saturated carbocycles. The van der Waals surface area contributed by atoms with E-state index in [1.807, 2.05) is 0 Å². The van der Waals surface area contributed by atoms with Crippen LogP contribution in [0.1, 0.15) is 118 Å². The second-order valence-corrected chi connectivity index (χ2v) is 14.9. The first-order chi connectivity index (χ1) is 15.9. The molecule has 10 atom stereocenters. The van der Waals surface area contributed by atoms with Gasteiger partial charge in [0.05, 0.1) is 0 Å². The Morgan fingerprint density at radius 3 is 1.24 bits per heavy atom. The van der Waals surface area contributed by atoms with Gasteiger partial charge in [-0.25, -0.2) is 0 Å². The first-order valence-electron chi connectivity index (χ1n) is 14.3. The zero-order valence-electron chi connectivity index (χ0n) is 21.8. The molecule has 4 fully saturated rings. The molecule has 5 heteroatoms. The minimum absolute atomic E-state index is 0.556. The van der Waals surface area contributed by atoms with Crippen LogP contribution < -0.4 is 0 Å². The van der Waals surface area contributed by atoms with Crippen molar-refractivity contribution in [3.63, 3.8) is 0 Å². The Hall–Kier alpha value is 1.21. The summed E-state index contributed by atoms with van der Waals surface area (Å²) in [5.74, 6) is 5.08. The van der Waals surface area contributed by atoms with Crippen molar-refractivity contribution in [1.82, 2.24) is 0 Å². The third kappa shape index (κ3) is 8.64. The van der Waals surface area contributed by atoms with Crippen LogP contribution in [0.3, 0.4) is 0 Å². The first-order valence-corrected chi connectivity index (χ1v) is 18.6. The molecule has 0 aromatic carbocycles. The molecule has 0 aromatic rings. The van der Waals surface area contributed by atoms with Gasteiger partial charge in [0.1, 0.15) is 0 Å². The average molecular weight is 533 g/mol. The molecule has 0 radical (unpaired) electrons. The van der Waals surface area contributed by atoms with Crippen LogP contribution in [0.2, 0.25) is 0 Å². The van der Waals surface area contributed by atoms with Gasteiger partial charge < -0.3 is 10.6 Å². The molecule has 2 nitrogen and oxygen atoms in total. The predicted molar refractivity (Wildman–Crippen MR) is 142 cm³/mol. The summed E-state index contributed by atoms with van der Waals surface area (Å²) in [6.45, 7) is 9.84. The zero-order chi connectivity index (χ0) is 23.8. The molecule has 192 valence electrons. The van der Waals surface area contributed by atoms with Crippen LogP contribution in [0.15, 0.2) is 0 Å². The Balaban J connectivity index is 0.000000968. The Kier molecular flexibility index (Phi) is 12.9. The van der Waals surface area contributed by atoms with Crippen LogP contribution in [0.25, 0.3) is 10.6 Å². The standard InChI is InChI=1S/C28H50N2.2ClH.Ti/c1-19-13-15-25(21(3)17-19)29-27-11-7-5-9-23(27)24-10-6-8-12-28(24)30-26-16-14-20(2)18-22(26)4;;;/h19-28H,5-18H2,1-4H3;2*1H;/q-2;;;+2/p-2. The van der Waals surface area contributed by atoms with Gasteiger partial charge in [0, 0.05) is 0 Å². The molecule has 0 saturated heterocycles. The van der Waals surface area contributed by atoms with E-state index in [0.29, 0.717) is 24.2 Å². The molecule has 4 aliphatic carbocycles. The normalized spacial score (nSPS) is 44.4. The number of hydrogen-bond acceptors (Lipinski definition) is 0. The Labute approximate surface area is 222 Å². The van der Waals surface area contributed by atoms with Crippen molar-refractivity contribution in [2.24, 2.45) is 35.5 Å². The average Bonchev–Trinajstić information content (AvgIpc) is 2.79. The summed E-state index contributed by atoms with van der Waals surface area (Å²) >= 11 is -0.556. The number of nitrogens with zero attached hydrogens (tertiary/aromatic N) is 2. The summed E-state index contributed by atoms with van der Waals surface area (Å²) in [6, 6.07) is 2.57. The van der Waals surface area contributed by atoms with Gasteiger partial charge in [0.25, 0.3) is 0 Å². The van der Waals surface area contributed by atoms with Crippen LogP contribution in [0.5, 0.6) is 0 Å². The maximum atomic E-state index is 5.63. The number of rotatable bonds is 5. The molecule has 0 bridgehead atoms. The van der Waals surface area contributed by atoms with E-state index in [1.54, 1.807) is 0 Å². The molecule has 0 N–H and O–H groups in total. The molecule has 33 heavy (non-hydrogen) atoms. The van der Waals surface area contributed by atoms with Crippen LogP contribution in [0, 0.1) is 35.5 Å². The van der Waals surface area contributed by atoms with Gasteiger partial charge in [-0.05, 0) is 24.7 Å². The molecular formula is C28H50Cl2N2Ti-2. The second-order valence-electron chi connectivity index (χ2n) is 12.3. The topological polar surface area (TPSA) is 28.2 Å². The van der Waals surface area contributed by atoms with Gasteiger partial charge in [-0.3, -0.25) is 0 Å². The summed E-state index contributed by atoms with van der Waals surface area (Å²) in [7, 11) is 9.78. The third-order valence-electron chi connectivity index (χ3n) is 9.65. The second kappa shape index (κ2) is 14.8. The van der Waals surface area contributed by atoms with E-state index in [-0.39, 0.29) is 0 Å². The molecular weight excluding hydrogens is 483 g/mol. The van der Waals surface area contributed by atoms with Crippen LogP contribution in [-0.2, 0) is 17.0 Å². The van der Waals surface area contributed by atoms with E-state index in [4.69, 9.17) is 29.2 Å². The summed E-state index contributed by atoms with van der Waals surface area (Å²) in [4.78, 5) is 0. The Morgan fingerprint density at radius 1 is 0.515 bits per heavy atom.